The molecule has 3 nitrogen and oxygen atoms in total. The molecule has 0 unspecified atom stereocenters. The molecule has 0 aliphatic heterocycles. The molecule has 1 heterocycles. The summed E-state index contributed by atoms with van der Waals surface area (Å²) in [5, 5.41) is 9.34. The third kappa shape index (κ3) is 3.90. The van der Waals surface area contributed by atoms with Crippen LogP contribution in [-0.2, 0) is 24.7 Å². The van der Waals surface area contributed by atoms with Gasteiger partial charge in [-0.15, -0.1) is 10.2 Å². The smallest absolute Gasteiger partial charge is 0.143 e. The van der Waals surface area contributed by atoms with Gasteiger partial charge in [-0.3, -0.25) is 0 Å². The summed E-state index contributed by atoms with van der Waals surface area (Å²) in [4.78, 5) is 0. The first-order chi connectivity index (χ1) is 9.35. The standard InChI is InChI=1S/C15H20BrN3/c1-2-11-19-14(17-18-15(19)12-16)10-6-9-13-7-4-3-5-8-13/h3-5,7-8H,2,6,9-12H2,1H3. The summed E-state index contributed by atoms with van der Waals surface area (Å²) in [5.74, 6) is 2.16. The Morgan fingerprint density at radius 1 is 1.05 bits per heavy atom. The summed E-state index contributed by atoms with van der Waals surface area (Å²) in [6.07, 6.45) is 4.33. The molecule has 0 saturated carbocycles. The van der Waals surface area contributed by atoms with Gasteiger partial charge in [0.15, 0.2) is 0 Å². The van der Waals surface area contributed by atoms with Crippen molar-refractivity contribution in [3.05, 3.63) is 47.5 Å². The van der Waals surface area contributed by atoms with Crippen LogP contribution in [0, 0.1) is 0 Å². The van der Waals surface area contributed by atoms with Crippen LogP contribution in [0.3, 0.4) is 0 Å². The summed E-state index contributed by atoms with van der Waals surface area (Å²) >= 11 is 3.47. The molecule has 0 fully saturated rings. The lowest BCUT2D eigenvalue weighted by Crippen LogP contribution is -2.07. The van der Waals surface area contributed by atoms with Gasteiger partial charge in [0.2, 0.25) is 0 Å². The molecule has 0 N–H and O–H groups in total. The molecule has 0 atom stereocenters. The molecule has 2 rings (SSSR count). The van der Waals surface area contributed by atoms with Gasteiger partial charge in [0.25, 0.3) is 0 Å². The maximum Gasteiger partial charge on any atom is 0.143 e. The number of benzene rings is 1. The SMILES string of the molecule is CCCn1c(CBr)nnc1CCCc1ccccc1. The van der Waals surface area contributed by atoms with Gasteiger partial charge >= 0.3 is 0 Å². The second kappa shape index (κ2) is 7.43. The van der Waals surface area contributed by atoms with Crippen molar-refractivity contribution in [2.75, 3.05) is 0 Å². The van der Waals surface area contributed by atoms with Gasteiger partial charge in [0.1, 0.15) is 11.6 Å². The Labute approximate surface area is 123 Å². The van der Waals surface area contributed by atoms with Gasteiger partial charge in [-0.05, 0) is 24.8 Å². The fraction of sp³-hybridized carbons (Fsp3) is 0.467. The van der Waals surface area contributed by atoms with Crippen LogP contribution in [0.1, 0.15) is 37.0 Å². The number of rotatable bonds is 7. The molecule has 0 aliphatic rings. The highest BCUT2D eigenvalue weighted by molar-refractivity contribution is 9.08. The second-order valence-corrected chi connectivity index (χ2v) is 5.22. The predicted octanol–water partition coefficient (Wildman–Crippen LogP) is 3.76. The van der Waals surface area contributed by atoms with E-state index < -0.39 is 0 Å². The van der Waals surface area contributed by atoms with Gasteiger partial charge < -0.3 is 4.57 Å². The summed E-state index contributed by atoms with van der Waals surface area (Å²) in [6, 6.07) is 10.6. The van der Waals surface area contributed by atoms with Crippen LogP contribution in [0.15, 0.2) is 30.3 Å². The quantitative estimate of drug-likeness (QED) is 0.727. The van der Waals surface area contributed by atoms with Crippen molar-refractivity contribution in [1.82, 2.24) is 14.8 Å². The Hall–Kier alpha value is -1.16. The van der Waals surface area contributed by atoms with E-state index in [1.165, 1.54) is 5.56 Å². The van der Waals surface area contributed by atoms with Gasteiger partial charge in [0.05, 0.1) is 5.33 Å². The lowest BCUT2D eigenvalue weighted by Gasteiger charge is -2.07. The third-order valence-corrected chi connectivity index (χ3v) is 3.68. The van der Waals surface area contributed by atoms with Gasteiger partial charge in [0, 0.05) is 13.0 Å². The Balaban J connectivity index is 1.94. The lowest BCUT2D eigenvalue weighted by molar-refractivity contribution is 0.608. The predicted molar refractivity (Wildman–Crippen MR) is 81.4 cm³/mol. The summed E-state index contributed by atoms with van der Waals surface area (Å²) in [5.41, 5.74) is 1.39. The van der Waals surface area contributed by atoms with E-state index in [1.807, 2.05) is 0 Å². The van der Waals surface area contributed by atoms with Crippen LogP contribution in [0.5, 0.6) is 0 Å². The number of hydrogen-bond donors (Lipinski definition) is 0. The van der Waals surface area contributed by atoms with Crippen LogP contribution in [0.2, 0.25) is 0 Å². The van der Waals surface area contributed by atoms with E-state index in [2.05, 4.69) is 67.9 Å². The Bertz CT molecular complexity index is 493. The van der Waals surface area contributed by atoms with Crippen molar-refractivity contribution >= 4 is 15.9 Å². The van der Waals surface area contributed by atoms with Crippen LogP contribution < -0.4 is 0 Å². The Kier molecular flexibility index (Phi) is 5.58. The maximum atomic E-state index is 4.32. The average Bonchev–Trinajstić information content (AvgIpc) is 2.83. The summed E-state index contributed by atoms with van der Waals surface area (Å²) in [7, 11) is 0. The maximum absolute atomic E-state index is 4.32. The largest absolute Gasteiger partial charge is 0.314 e. The normalized spacial score (nSPS) is 10.8. The lowest BCUT2D eigenvalue weighted by atomic mass is 10.1. The molecule has 4 heteroatoms. The van der Waals surface area contributed by atoms with Crippen LogP contribution in [0.4, 0.5) is 0 Å². The molecule has 0 radical (unpaired) electrons. The van der Waals surface area contributed by atoms with E-state index in [-0.39, 0.29) is 0 Å². The van der Waals surface area contributed by atoms with E-state index in [1.54, 1.807) is 0 Å². The highest BCUT2D eigenvalue weighted by atomic mass is 79.9. The molecule has 0 aliphatic carbocycles. The van der Waals surface area contributed by atoms with Gasteiger partial charge in [-0.1, -0.05) is 53.2 Å². The Morgan fingerprint density at radius 2 is 1.79 bits per heavy atom. The van der Waals surface area contributed by atoms with E-state index in [0.29, 0.717) is 0 Å². The van der Waals surface area contributed by atoms with Crippen LogP contribution in [0.25, 0.3) is 0 Å². The summed E-state index contributed by atoms with van der Waals surface area (Å²) in [6.45, 7) is 3.19. The fourth-order valence-corrected chi connectivity index (χ4v) is 2.65. The van der Waals surface area contributed by atoms with E-state index in [4.69, 9.17) is 0 Å². The van der Waals surface area contributed by atoms with E-state index in [9.17, 15) is 0 Å². The van der Waals surface area contributed by atoms with Gasteiger partial charge in [-0.25, -0.2) is 0 Å². The van der Waals surface area contributed by atoms with Gasteiger partial charge in [-0.2, -0.15) is 0 Å². The third-order valence-electron chi connectivity index (χ3n) is 3.18. The first-order valence-electron chi connectivity index (χ1n) is 6.86. The molecule has 0 saturated heterocycles. The van der Waals surface area contributed by atoms with Crippen molar-refractivity contribution < 1.29 is 0 Å². The molecule has 19 heavy (non-hydrogen) atoms. The molecule has 1 aromatic heterocycles. The topological polar surface area (TPSA) is 30.7 Å². The molecular formula is C15H20BrN3. The highest BCUT2D eigenvalue weighted by Gasteiger charge is 2.09. The second-order valence-electron chi connectivity index (χ2n) is 4.66. The summed E-state index contributed by atoms with van der Waals surface area (Å²) < 4.78 is 2.25. The average molecular weight is 322 g/mol. The number of aryl methyl sites for hydroxylation is 2. The minimum atomic E-state index is 0.776. The molecule has 0 spiro atoms. The zero-order chi connectivity index (χ0) is 13.5. The number of aromatic nitrogens is 3. The highest BCUT2D eigenvalue weighted by Crippen LogP contribution is 2.11. The molecule has 102 valence electrons. The zero-order valence-electron chi connectivity index (χ0n) is 11.3. The first kappa shape index (κ1) is 14.3. The molecule has 2 aromatic rings. The molecule has 0 amide bonds. The first-order valence-corrected chi connectivity index (χ1v) is 7.98. The molecule has 1 aromatic carbocycles. The number of alkyl halides is 1. The van der Waals surface area contributed by atoms with Crippen molar-refractivity contribution in [2.24, 2.45) is 0 Å². The minimum absolute atomic E-state index is 0.776. The zero-order valence-corrected chi connectivity index (χ0v) is 12.9. The fourth-order valence-electron chi connectivity index (χ4n) is 2.23. The number of nitrogens with zero attached hydrogens (tertiary/aromatic N) is 3. The number of halogens is 1. The van der Waals surface area contributed by atoms with Crippen LogP contribution >= 0.6 is 15.9 Å². The minimum Gasteiger partial charge on any atom is -0.314 e. The van der Waals surface area contributed by atoms with Crippen molar-refractivity contribution in [3.8, 4) is 0 Å². The van der Waals surface area contributed by atoms with E-state index >= 15 is 0 Å². The molecule has 0 bridgehead atoms. The molecular weight excluding hydrogens is 302 g/mol. The number of hydrogen-bond acceptors (Lipinski definition) is 2. The van der Waals surface area contributed by atoms with Crippen molar-refractivity contribution in [1.29, 1.82) is 0 Å². The Morgan fingerprint density at radius 3 is 2.47 bits per heavy atom. The van der Waals surface area contributed by atoms with E-state index in [0.717, 1.165) is 49.2 Å². The monoisotopic (exact) mass is 321 g/mol. The van der Waals surface area contributed by atoms with Crippen LogP contribution in [-0.4, -0.2) is 14.8 Å². The van der Waals surface area contributed by atoms with Crippen molar-refractivity contribution in [2.45, 2.75) is 44.5 Å². The van der Waals surface area contributed by atoms with Crippen molar-refractivity contribution in [3.63, 3.8) is 0 Å².